The minimum Gasteiger partial charge on any atom is -0.497 e. The molecule has 23 heavy (non-hydrogen) atoms. The van der Waals surface area contributed by atoms with Crippen LogP contribution in [0.5, 0.6) is 5.75 Å². The molecule has 1 aromatic carbocycles. The number of ether oxygens (including phenoxy) is 1. The first-order valence-corrected chi connectivity index (χ1v) is 8.77. The predicted molar refractivity (Wildman–Crippen MR) is 91.5 cm³/mol. The monoisotopic (exact) mass is 316 g/mol. The highest BCUT2D eigenvalue weighted by Crippen LogP contribution is 2.49. The highest BCUT2D eigenvalue weighted by atomic mass is 16.5. The average molecular weight is 316 g/mol. The Morgan fingerprint density at radius 1 is 1.39 bits per heavy atom. The molecule has 1 saturated carbocycles. The smallest absolute Gasteiger partial charge is 0.220 e. The number of carbonyl (C=O) groups excluding carboxylic acids is 1. The number of benzene rings is 1. The second-order valence-electron chi connectivity index (χ2n) is 7.11. The Kier molecular flexibility index (Phi) is 4.90. The average Bonchev–Trinajstić information content (AvgIpc) is 2.86. The number of amides is 1. The highest BCUT2D eigenvalue weighted by Gasteiger charge is 2.42. The summed E-state index contributed by atoms with van der Waals surface area (Å²) in [7, 11) is 1.72. The van der Waals surface area contributed by atoms with Gasteiger partial charge in [0, 0.05) is 13.0 Å². The van der Waals surface area contributed by atoms with Gasteiger partial charge < -0.3 is 15.8 Å². The van der Waals surface area contributed by atoms with Gasteiger partial charge in [0.15, 0.2) is 0 Å². The van der Waals surface area contributed by atoms with E-state index >= 15 is 0 Å². The van der Waals surface area contributed by atoms with E-state index in [2.05, 4.69) is 30.4 Å². The van der Waals surface area contributed by atoms with Crippen molar-refractivity contribution in [2.24, 2.45) is 23.5 Å². The first kappa shape index (κ1) is 16.3. The van der Waals surface area contributed by atoms with Gasteiger partial charge in [-0.05, 0) is 72.7 Å². The lowest BCUT2D eigenvalue weighted by Gasteiger charge is -2.27. The van der Waals surface area contributed by atoms with E-state index in [0.717, 1.165) is 31.6 Å². The summed E-state index contributed by atoms with van der Waals surface area (Å²) < 4.78 is 5.41. The molecule has 1 aliphatic carbocycles. The Morgan fingerprint density at radius 2 is 2.22 bits per heavy atom. The maximum absolute atomic E-state index is 12.3. The Hall–Kier alpha value is -1.55. The van der Waals surface area contributed by atoms with Crippen molar-refractivity contribution in [3.8, 4) is 5.75 Å². The highest BCUT2D eigenvalue weighted by molar-refractivity contribution is 5.76. The van der Waals surface area contributed by atoms with E-state index in [-0.39, 0.29) is 5.91 Å². The molecule has 1 heterocycles. The van der Waals surface area contributed by atoms with Crippen molar-refractivity contribution in [2.45, 2.75) is 38.5 Å². The molecule has 1 aromatic rings. The summed E-state index contributed by atoms with van der Waals surface area (Å²) in [6.45, 7) is 3.70. The lowest BCUT2D eigenvalue weighted by atomic mass is 9.79. The lowest BCUT2D eigenvalue weighted by molar-refractivity contribution is -0.122. The fourth-order valence-corrected chi connectivity index (χ4v) is 4.61. The quantitative estimate of drug-likeness (QED) is 0.881. The predicted octanol–water partition coefficient (Wildman–Crippen LogP) is 2.46. The molecular formula is C19H28N2O2. The van der Waals surface area contributed by atoms with Crippen molar-refractivity contribution in [2.75, 3.05) is 20.2 Å². The molecule has 0 aromatic heterocycles. The first-order valence-electron chi connectivity index (χ1n) is 8.77. The number of nitrogens with two attached hydrogens (primary N) is 1. The van der Waals surface area contributed by atoms with Crippen LogP contribution < -0.4 is 15.8 Å². The second-order valence-corrected chi connectivity index (χ2v) is 7.11. The number of methoxy groups -OCH3 is 1. The summed E-state index contributed by atoms with van der Waals surface area (Å²) in [5, 5.41) is 3.07. The summed E-state index contributed by atoms with van der Waals surface area (Å²) >= 11 is 0. The van der Waals surface area contributed by atoms with Crippen molar-refractivity contribution in [3.63, 3.8) is 0 Å². The molecule has 3 N–H and O–H groups in total. The summed E-state index contributed by atoms with van der Waals surface area (Å²) in [5.74, 6) is 2.88. The van der Waals surface area contributed by atoms with Crippen LogP contribution in [-0.4, -0.2) is 26.1 Å². The lowest BCUT2D eigenvalue weighted by Crippen LogP contribution is -2.33. The van der Waals surface area contributed by atoms with Gasteiger partial charge in [0.05, 0.1) is 7.11 Å². The zero-order chi connectivity index (χ0) is 16.4. The van der Waals surface area contributed by atoms with Gasteiger partial charge in [-0.3, -0.25) is 4.79 Å². The minimum atomic E-state index is 0.185. The summed E-state index contributed by atoms with van der Waals surface area (Å²) in [6, 6.07) is 6.45. The van der Waals surface area contributed by atoms with E-state index in [1.807, 2.05) is 0 Å². The summed E-state index contributed by atoms with van der Waals surface area (Å²) in [4.78, 5) is 12.3. The first-order chi connectivity index (χ1) is 11.1. The summed E-state index contributed by atoms with van der Waals surface area (Å²) in [5.41, 5.74) is 8.84. The van der Waals surface area contributed by atoms with Crippen LogP contribution in [0.3, 0.4) is 0 Å². The standard InChI is InChI=1S/C19H28N2O2/c1-12-8-16-15-6-5-14(23-2)9-13(15)4-3-7-21-19(22)10-17(16)18(12)11-20/h5-6,9,12,16-18H,3-4,7-8,10-11,20H2,1-2H3,(H,21,22)/t12-,16+,17+,18+/m0/s1. The van der Waals surface area contributed by atoms with Gasteiger partial charge in [-0.2, -0.15) is 0 Å². The van der Waals surface area contributed by atoms with Crippen LogP contribution in [0, 0.1) is 17.8 Å². The molecule has 2 aliphatic rings. The molecule has 0 bridgehead atoms. The number of aryl methyl sites for hydroxylation is 1. The molecule has 126 valence electrons. The van der Waals surface area contributed by atoms with Gasteiger partial charge in [0.25, 0.3) is 0 Å². The van der Waals surface area contributed by atoms with E-state index < -0.39 is 0 Å². The third kappa shape index (κ3) is 3.23. The largest absolute Gasteiger partial charge is 0.497 e. The maximum Gasteiger partial charge on any atom is 0.220 e. The molecule has 4 heteroatoms. The molecule has 0 saturated heterocycles. The topological polar surface area (TPSA) is 64.3 Å². The van der Waals surface area contributed by atoms with Crippen LogP contribution in [0.4, 0.5) is 0 Å². The van der Waals surface area contributed by atoms with Gasteiger partial charge in [-0.25, -0.2) is 0 Å². The fourth-order valence-electron chi connectivity index (χ4n) is 4.61. The summed E-state index contributed by atoms with van der Waals surface area (Å²) in [6.07, 6.45) is 3.68. The van der Waals surface area contributed by atoms with E-state index in [1.54, 1.807) is 7.11 Å². The maximum atomic E-state index is 12.3. The molecule has 4 atom stereocenters. The number of fused-ring (bicyclic) bond motifs is 3. The van der Waals surface area contributed by atoms with Crippen molar-refractivity contribution >= 4 is 5.91 Å². The van der Waals surface area contributed by atoms with Crippen molar-refractivity contribution in [1.29, 1.82) is 0 Å². The van der Waals surface area contributed by atoms with Crippen LogP contribution in [-0.2, 0) is 11.2 Å². The van der Waals surface area contributed by atoms with Crippen molar-refractivity contribution in [1.82, 2.24) is 5.32 Å². The zero-order valence-electron chi connectivity index (χ0n) is 14.2. The number of hydrogen-bond donors (Lipinski definition) is 2. The SMILES string of the molecule is COc1ccc2c(c1)CCCNC(=O)C[C@H]1[C@H](CN)[C@@H](C)C[C@H]21. The second kappa shape index (κ2) is 6.91. The van der Waals surface area contributed by atoms with E-state index in [9.17, 15) is 4.79 Å². The molecule has 0 spiro atoms. The van der Waals surface area contributed by atoms with E-state index in [4.69, 9.17) is 10.5 Å². The Bertz CT molecular complexity index is 572. The Balaban J connectivity index is 2.01. The number of rotatable bonds is 2. The van der Waals surface area contributed by atoms with Crippen molar-refractivity contribution in [3.05, 3.63) is 29.3 Å². The fraction of sp³-hybridized carbons (Fsp3) is 0.632. The van der Waals surface area contributed by atoms with Crippen LogP contribution in [0.15, 0.2) is 18.2 Å². The minimum absolute atomic E-state index is 0.185. The molecule has 3 rings (SSSR count). The van der Waals surface area contributed by atoms with Crippen LogP contribution in [0.25, 0.3) is 0 Å². The number of nitrogens with one attached hydrogen (secondary N) is 1. The number of hydrogen-bond acceptors (Lipinski definition) is 3. The molecule has 0 unspecified atom stereocenters. The van der Waals surface area contributed by atoms with Gasteiger partial charge in [0.1, 0.15) is 5.75 Å². The molecule has 4 nitrogen and oxygen atoms in total. The van der Waals surface area contributed by atoms with Crippen LogP contribution in [0.2, 0.25) is 0 Å². The molecule has 0 radical (unpaired) electrons. The normalized spacial score (nSPS) is 31.0. The third-order valence-corrected chi connectivity index (χ3v) is 5.81. The zero-order valence-corrected chi connectivity index (χ0v) is 14.2. The van der Waals surface area contributed by atoms with Gasteiger partial charge in [0.2, 0.25) is 5.91 Å². The molecule has 1 fully saturated rings. The molecule has 1 aliphatic heterocycles. The number of carbonyl (C=O) groups is 1. The van der Waals surface area contributed by atoms with Gasteiger partial charge >= 0.3 is 0 Å². The van der Waals surface area contributed by atoms with Crippen molar-refractivity contribution < 1.29 is 9.53 Å². The van der Waals surface area contributed by atoms with Crippen LogP contribution >= 0.6 is 0 Å². The van der Waals surface area contributed by atoms with Gasteiger partial charge in [-0.1, -0.05) is 13.0 Å². The third-order valence-electron chi connectivity index (χ3n) is 5.81. The Labute approximate surface area is 138 Å². The van der Waals surface area contributed by atoms with E-state index in [0.29, 0.717) is 36.6 Å². The molecular weight excluding hydrogens is 288 g/mol. The molecule has 1 amide bonds. The van der Waals surface area contributed by atoms with Crippen LogP contribution in [0.1, 0.15) is 43.2 Å². The van der Waals surface area contributed by atoms with E-state index in [1.165, 1.54) is 11.1 Å². The van der Waals surface area contributed by atoms with Gasteiger partial charge in [-0.15, -0.1) is 0 Å². The Morgan fingerprint density at radius 3 is 2.96 bits per heavy atom.